The first-order chi connectivity index (χ1) is 13.3. The van der Waals surface area contributed by atoms with E-state index in [1.165, 1.54) is 12.1 Å². The number of carbonyl (C=O) groups excluding carboxylic acids is 2. The van der Waals surface area contributed by atoms with Crippen LogP contribution in [-0.2, 0) is 20.5 Å². The van der Waals surface area contributed by atoms with Crippen molar-refractivity contribution in [2.75, 3.05) is 18.5 Å². The Labute approximate surface area is 162 Å². The molecule has 1 unspecified atom stereocenters. The Bertz CT molecular complexity index is 677. The maximum Gasteiger partial charge on any atom is 0.416 e. The van der Waals surface area contributed by atoms with Crippen molar-refractivity contribution in [3.8, 4) is 0 Å². The molecule has 1 aromatic rings. The largest absolute Gasteiger partial charge is 0.416 e. The van der Waals surface area contributed by atoms with Gasteiger partial charge < -0.3 is 15.4 Å². The van der Waals surface area contributed by atoms with Gasteiger partial charge in [-0.3, -0.25) is 9.59 Å². The van der Waals surface area contributed by atoms with Crippen LogP contribution in [0.15, 0.2) is 24.3 Å². The molecular formula is C20H25F3N2O3. The lowest BCUT2D eigenvalue weighted by atomic mass is 9.81. The number of hydrogen-bond acceptors (Lipinski definition) is 3. The molecule has 1 aliphatic carbocycles. The summed E-state index contributed by atoms with van der Waals surface area (Å²) in [6, 6.07) is 4.41. The zero-order valence-electron chi connectivity index (χ0n) is 15.6. The quantitative estimate of drug-likeness (QED) is 0.794. The monoisotopic (exact) mass is 398 g/mol. The van der Waals surface area contributed by atoms with Gasteiger partial charge in [-0.05, 0) is 62.8 Å². The van der Waals surface area contributed by atoms with Gasteiger partial charge in [0.25, 0.3) is 0 Å². The van der Waals surface area contributed by atoms with Crippen LogP contribution in [0.4, 0.5) is 18.9 Å². The standard InChI is InChI=1S/C20H25F3N2O3/c21-20(22,23)15-7-9-16(10-8-15)25-19(27)14-5-3-13(4-6-14)18(26)24-12-17-2-1-11-28-17/h7-10,13-14,17H,1-6,11-12H2,(H,24,26)(H,25,27). The van der Waals surface area contributed by atoms with Crippen molar-refractivity contribution >= 4 is 17.5 Å². The van der Waals surface area contributed by atoms with Crippen LogP contribution < -0.4 is 10.6 Å². The highest BCUT2D eigenvalue weighted by atomic mass is 19.4. The second-order valence-electron chi connectivity index (χ2n) is 7.49. The van der Waals surface area contributed by atoms with Gasteiger partial charge >= 0.3 is 6.18 Å². The van der Waals surface area contributed by atoms with Gasteiger partial charge in [-0.25, -0.2) is 0 Å². The van der Waals surface area contributed by atoms with E-state index in [2.05, 4.69) is 10.6 Å². The smallest absolute Gasteiger partial charge is 0.376 e. The molecule has 0 radical (unpaired) electrons. The third-order valence-corrected chi connectivity index (χ3v) is 5.48. The number of amides is 2. The zero-order valence-corrected chi connectivity index (χ0v) is 15.6. The first-order valence-corrected chi connectivity index (χ1v) is 9.70. The molecule has 5 nitrogen and oxygen atoms in total. The molecule has 2 aliphatic rings. The second kappa shape index (κ2) is 8.94. The molecule has 1 aromatic carbocycles. The number of alkyl halides is 3. The van der Waals surface area contributed by atoms with Crippen LogP contribution in [0, 0.1) is 11.8 Å². The molecule has 2 fully saturated rings. The minimum Gasteiger partial charge on any atom is -0.376 e. The zero-order chi connectivity index (χ0) is 20.1. The molecule has 1 heterocycles. The van der Waals surface area contributed by atoms with E-state index in [1.807, 2.05) is 0 Å². The van der Waals surface area contributed by atoms with E-state index in [1.54, 1.807) is 0 Å². The molecule has 1 atom stereocenters. The summed E-state index contributed by atoms with van der Waals surface area (Å²) >= 11 is 0. The molecule has 0 spiro atoms. The maximum atomic E-state index is 12.6. The van der Waals surface area contributed by atoms with Crippen molar-refractivity contribution < 1.29 is 27.5 Å². The Hall–Kier alpha value is -2.09. The third kappa shape index (κ3) is 5.47. The van der Waals surface area contributed by atoms with E-state index in [0.717, 1.165) is 31.6 Å². The van der Waals surface area contributed by atoms with E-state index in [4.69, 9.17) is 4.74 Å². The highest BCUT2D eigenvalue weighted by Crippen LogP contribution is 2.32. The van der Waals surface area contributed by atoms with Gasteiger partial charge in [0.05, 0.1) is 11.7 Å². The van der Waals surface area contributed by atoms with Crippen LogP contribution in [0.25, 0.3) is 0 Å². The van der Waals surface area contributed by atoms with Crippen LogP contribution in [0.2, 0.25) is 0 Å². The van der Waals surface area contributed by atoms with Crippen molar-refractivity contribution in [3.05, 3.63) is 29.8 Å². The summed E-state index contributed by atoms with van der Waals surface area (Å²) < 4.78 is 43.3. The molecule has 28 heavy (non-hydrogen) atoms. The molecule has 0 bridgehead atoms. The van der Waals surface area contributed by atoms with E-state index < -0.39 is 11.7 Å². The number of nitrogens with one attached hydrogen (secondary N) is 2. The Balaban J connectivity index is 1.42. The molecule has 0 aromatic heterocycles. The Morgan fingerprint density at radius 3 is 2.11 bits per heavy atom. The van der Waals surface area contributed by atoms with E-state index in [-0.39, 0.29) is 29.8 Å². The number of rotatable bonds is 5. The SMILES string of the molecule is O=C(NCC1CCCO1)C1CCC(C(=O)Nc2ccc(C(F)(F)F)cc2)CC1. The summed E-state index contributed by atoms with van der Waals surface area (Å²) in [6.07, 6.45) is 0.136. The van der Waals surface area contributed by atoms with Gasteiger partial charge in [0.1, 0.15) is 0 Å². The molecule has 1 saturated heterocycles. The van der Waals surface area contributed by atoms with Crippen LogP contribution >= 0.6 is 0 Å². The lowest BCUT2D eigenvalue weighted by molar-refractivity contribution is -0.137. The minimum atomic E-state index is -4.40. The van der Waals surface area contributed by atoms with Crippen LogP contribution in [0.3, 0.4) is 0 Å². The summed E-state index contributed by atoms with van der Waals surface area (Å²) in [4.78, 5) is 24.7. The van der Waals surface area contributed by atoms with Crippen LogP contribution in [0.5, 0.6) is 0 Å². The fourth-order valence-electron chi connectivity index (χ4n) is 3.77. The average Bonchev–Trinajstić information content (AvgIpc) is 3.19. The van der Waals surface area contributed by atoms with Gasteiger partial charge in [-0.1, -0.05) is 0 Å². The number of carbonyl (C=O) groups is 2. The summed E-state index contributed by atoms with van der Waals surface area (Å²) in [5, 5.41) is 5.61. The van der Waals surface area contributed by atoms with Crippen molar-refractivity contribution in [2.45, 2.75) is 50.8 Å². The molecule has 8 heteroatoms. The lowest BCUT2D eigenvalue weighted by Gasteiger charge is -2.27. The van der Waals surface area contributed by atoms with Gasteiger partial charge in [-0.15, -0.1) is 0 Å². The molecule has 2 amide bonds. The number of anilines is 1. The van der Waals surface area contributed by atoms with Gasteiger partial charge in [0, 0.05) is 30.7 Å². The minimum absolute atomic E-state index is 0.0112. The summed E-state index contributed by atoms with van der Waals surface area (Å²) in [5.41, 5.74) is -0.408. The van der Waals surface area contributed by atoms with Crippen molar-refractivity contribution in [3.63, 3.8) is 0 Å². The van der Waals surface area contributed by atoms with E-state index >= 15 is 0 Å². The number of hydrogen-bond donors (Lipinski definition) is 2. The molecule has 1 aliphatic heterocycles. The van der Waals surface area contributed by atoms with Crippen molar-refractivity contribution in [1.82, 2.24) is 5.32 Å². The normalized spacial score (nSPS) is 25.3. The highest BCUT2D eigenvalue weighted by molar-refractivity contribution is 5.92. The fourth-order valence-corrected chi connectivity index (χ4v) is 3.77. The van der Waals surface area contributed by atoms with Crippen molar-refractivity contribution in [1.29, 1.82) is 0 Å². The first kappa shape index (κ1) is 20.6. The molecule has 154 valence electrons. The van der Waals surface area contributed by atoms with Crippen molar-refractivity contribution in [2.24, 2.45) is 11.8 Å². The molecule has 2 N–H and O–H groups in total. The predicted octanol–water partition coefficient (Wildman–Crippen LogP) is 3.75. The topological polar surface area (TPSA) is 67.4 Å². The third-order valence-electron chi connectivity index (χ3n) is 5.48. The second-order valence-corrected chi connectivity index (χ2v) is 7.49. The van der Waals surface area contributed by atoms with Gasteiger partial charge in [-0.2, -0.15) is 13.2 Å². The fraction of sp³-hybridized carbons (Fsp3) is 0.600. The molecule has 3 rings (SSSR count). The predicted molar refractivity (Wildman–Crippen MR) is 97.5 cm³/mol. The van der Waals surface area contributed by atoms with E-state index in [9.17, 15) is 22.8 Å². The Kier molecular flexibility index (Phi) is 6.59. The van der Waals surface area contributed by atoms with Crippen LogP contribution in [0.1, 0.15) is 44.1 Å². The molecular weight excluding hydrogens is 373 g/mol. The maximum absolute atomic E-state index is 12.6. The average molecular weight is 398 g/mol. The summed E-state index contributed by atoms with van der Waals surface area (Å²) in [5.74, 6) is -0.531. The number of ether oxygens (including phenoxy) is 1. The number of benzene rings is 1. The number of halogens is 3. The highest BCUT2D eigenvalue weighted by Gasteiger charge is 2.32. The summed E-state index contributed by atoms with van der Waals surface area (Å²) in [7, 11) is 0. The Morgan fingerprint density at radius 1 is 0.964 bits per heavy atom. The van der Waals surface area contributed by atoms with Gasteiger partial charge in [0.15, 0.2) is 0 Å². The van der Waals surface area contributed by atoms with E-state index in [0.29, 0.717) is 37.9 Å². The lowest BCUT2D eigenvalue weighted by Crippen LogP contribution is -2.38. The van der Waals surface area contributed by atoms with Crippen LogP contribution in [-0.4, -0.2) is 31.1 Å². The Morgan fingerprint density at radius 2 is 1.57 bits per heavy atom. The van der Waals surface area contributed by atoms with Gasteiger partial charge in [0.2, 0.25) is 11.8 Å². The summed E-state index contributed by atoms with van der Waals surface area (Å²) in [6.45, 7) is 1.28. The first-order valence-electron chi connectivity index (χ1n) is 9.70. The molecule has 1 saturated carbocycles.